The van der Waals surface area contributed by atoms with Crippen LogP contribution >= 0.6 is 0 Å². The number of hydrogen-bond donors (Lipinski definition) is 0. The van der Waals surface area contributed by atoms with Crippen LogP contribution in [0.5, 0.6) is 0 Å². The van der Waals surface area contributed by atoms with Gasteiger partial charge in [0.1, 0.15) is 23.8 Å². The maximum Gasteiger partial charge on any atom is 0.169 e. The molecule has 7 heteroatoms. The predicted molar refractivity (Wildman–Crippen MR) is 57.2 cm³/mol. The van der Waals surface area contributed by atoms with E-state index in [1.807, 2.05) is 0 Å². The van der Waals surface area contributed by atoms with Gasteiger partial charge in [-0.05, 0) is 0 Å². The highest BCUT2D eigenvalue weighted by atomic mass is 19.1. The largest absolute Gasteiger partial charge is 0.383 e. The number of rotatable bonds is 4. The van der Waals surface area contributed by atoms with Crippen LogP contribution < -0.4 is 0 Å². The molecule has 1 heterocycles. The van der Waals surface area contributed by atoms with Crippen molar-refractivity contribution in [3.05, 3.63) is 35.9 Å². The summed E-state index contributed by atoms with van der Waals surface area (Å²) in [6.45, 7) is 0.685. The zero-order chi connectivity index (χ0) is 13.1. The third-order valence-corrected chi connectivity index (χ3v) is 2.38. The Hall–Kier alpha value is -1.89. The maximum absolute atomic E-state index is 13.6. The molecule has 0 saturated carbocycles. The van der Waals surface area contributed by atoms with Crippen LogP contribution in [0.25, 0.3) is 11.4 Å². The van der Waals surface area contributed by atoms with E-state index in [4.69, 9.17) is 4.74 Å². The van der Waals surface area contributed by atoms with Crippen molar-refractivity contribution in [1.29, 1.82) is 0 Å². The molecule has 1 aromatic heterocycles. The highest BCUT2D eigenvalue weighted by Gasteiger charge is 2.18. The van der Waals surface area contributed by atoms with E-state index in [2.05, 4.69) is 10.2 Å². The first-order valence-corrected chi connectivity index (χ1v) is 5.15. The lowest BCUT2D eigenvalue weighted by Crippen LogP contribution is -2.07. The Morgan fingerprint density at radius 3 is 2.50 bits per heavy atom. The van der Waals surface area contributed by atoms with E-state index in [0.717, 1.165) is 0 Å². The lowest BCUT2D eigenvalue weighted by atomic mass is 10.2. The molecule has 0 fully saturated rings. The number of halogens is 3. The standard InChI is InChI=1S/C11H10F3N3O/c1-18-3-2-17-6-15-16-11(17)10-8(13)4-7(12)5-9(10)14/h4-6H,2-3H2,1H3. The van der Waals surface area contributed by atoms with Gasteiger partial charge in [-0.2, -0.15) is 0 Å². The fraction of sp³-hybridized carbons (Fsp3) is 0.273. The van der Waals surface area contributed by atoms with Crippen LogP contribution in [0.3, 0.4) is 0 Å². The molecule has 0 saturated heterocycles. The van der Waals surface area contributed by atoms with Crippen molar-refractivity contribution in [3.63, 3.8) is 0 Å². The van der Waals surface area contributed by atoms with Crippen molar-refractivity contribution < 1.29 is 17.9 Å². The molecule has 96 valence electrons. The first-order chi connectivity index (χ1) is 8.63. The normalized spacial score (nSPS) is 10.9. The topological polar surface area (TPSA) is 39.9 Å². The van der Waals surface area contributed by atoms with Gasteiger partial charge in [0.25, 0.3) is 0 Å². The molecule has 0 radical (unpaired) electrons. The maximum atomic E-state index is 13.6. The molecule has 0 aliphatic heterocycles. The highest BCUT2D eigenvalue weighted by molar-refractivity contribution is 5.56. The molecule has 1 aromatic carbocycles. The number of hydrogen-bond acceptors (Lipinski definition) is 3. The summed E-state index contributed by atoms with van der Waals surface area (Å²) in [5.41, 5.74) is -0.398. The van der Waals surface area contributed by atoms with Crippen molar-refractivity contribution in [2.45, 2.75) is 6.54 Å². The van der Waals surface area contributed by atoms with Crippen LogP contribution in [0.15, 0.2) is 18.5 Å². The van der Waals surface area contributed by atoms with Crippen LogP contribution in [0, 0.1) is 17.5 Å². The Bertz CT molecular complexity index is 533. The fourth-order valence-electron chi connectivity index (χ4n) is 1.56. The zero-order valence-electron chi connectivity index (χ0n) is 9.53. The van der Waals surface area contributed by atoms with Gasteiger partial charge in [-0.25, -0.2) is 13.2 Å². The summed E-state index contributed by atoms with van der Waals surface area (Å²) in [5, 5.41) is 7.23. The molecule has 4 nitrogen and oxygen atoms in total. The number of ether oxygens (including phenoxy) is 1. The lowest BCUT2D eigenvalue weighted by molar-refractivity contribution is 0.187. The van der Waals surface area contributed by atoms with Crippen molar-refractivity contribution in [1.82, 2.24) is 14.8 Å². The number of benzene rings is 1. The monoisotopic (exact) mass is 257 g/mol. The summed E-state index contributed by atoms with van der Waals surface area (Å²) in [6.07, 6.45) is 1.33. The Balaban J connectivity index is 2.46. The van der Waals surface area contributed by atoms with E-state index >= 15 is 0 Å². The summed E-state index contributed by atoms with van der Waals surface area (Å²) >= 11 is 0. The van der Waals surface area contributed by atoms with E-state index in [9.17, 15) is 13.2 Å². The molecule has 0 amide bonds. The van der Waals surface area contributed by atoms with Gasteiger partial charge in [0.05, 0.1) is 12.2 Å². The Morgan fingerprint density at radius 2 is 1.89 bits per heavy atom. The van der Waals surface area contributed by atoms with Gasteiger partial charge in [-0.15, -0.1) is 10.2 Å². The van der Waals surface area contributed by atoms with Gasteiger partial charge in [0.2, 0.25) is 0 Å². The number of nitrogens with zero attached hydrogens (tertiary/aromatic N) is 3. The molecule has 18 heavy (non-hydrogen) atoms. The second kappa shape index (κ2) is 5.18. The van der Waals surface area contributed by atoms with Gasteiger partial charge in [0.15, 0.2) is 5.82 Å². The molecule has 0 bridgehead atoms. The van der Waals surface area contributed by atoms with E-state index in [1.165, 1.54) is 18.0 Å². The second-order valence-electron chi connectivity index (χ2n) is 3.59. The Kier molecular flexibility index (Phi) is 3.61. The van der Waals surface area contributed by atoms with E-state index < -0.39 is 23.0 Å². The molecule has 0 unspecified atom stereocenters. The lowest BCUT2D eigenvalue weighted by Gasteiger charge is -2.07. The molecule has 2 aromatic rings. The van der Waals surface area contributed by atoms with Gasteiger partial charge < -0.3 is 9.30 Å². The van der Waals surface area contributed by atoms with E-state index in [0.29, 0.717) is 25.3 Å². The first kappa shape index (κ1) is 12.6. The third kappa shape index (κ3) is 2.35. The summed E-state index contributed by atoms with van der Waals surface area (Å²) in [4.78, 5) is 0. The Morgan fingerprint density at radius 1 is 1.22 bits per heavy atom. The molecule has 0 spiro atoms. The minimum atomic E-state index is -1.01. The average Bonchev–Trinajstić information content (AvgIpc) is 2.73. The van der Waals surface area contributed by atoms with E-state index in [1.54, 1.807) is 0 Å². The summed E-state index contributed by atoms with van der Waals surface area (Å²) < 4.78 is 46.3. The number of aromatic nitrogens is 3. The summed E-state index contributed by atoms with van der Waals surface area (Å²) in [7, 11) is 1.50. The van der Waals surface area contributed by atoms with Crippen LogP contribution in [0.4, 0.5) is 13.2 Å². The summed E-state index contributed by atoms with van der Waals surface area (Å²) in [5.74, 6) is -3.00. The predicted octanol–water partition coefficient (Wildman–Crippen LogP) is 2.01. The minimum Gasteiger partial charge on any atom is -0.383 e. The second-order valence-corrected chi connectivity index (χ2v) is 3.59. The van der Waals surface area contributed by atoms with Crippen LogP contribution in [-0.2, 0) is 11.3 Å². The number of methoxy groups -OCH3 is 1. The fourth-order valence-corrected chi connectivity index (χ4v) is 1.56. The molecule has 0 atom stereocenters. The van der Waals surface area contributed by atoms with Crippen molar-refractivity contribution in [2.75, 3.05) is 13.7 Å². The average molecular weight is 257 g/mol. The van der Waals surface area contributed by atoms with Crippen LogP contribution in [0.2, 0.25) is 0 Å². The molecule has 0 aliphatic rings. The molecule has 2 rings (SSSR count). The zero-order valence-corrected chi connectivity index (χ0v) is 9.53. The van der Waals surface area contributed by atoms with Gasteiger partial charge in [-0.3, -0.25) is 0 Å². The third-order valence-electron chi connectivity index (χ3n) is 2.38. The Labute approximate surface area is 101 Å². The highest BCUT2D eigenvalue weighted by Crippen LogP contribution is 2.25. The molecular formula is C11H10F3N3O. The van der Waals surface area contributed by atoms with E-state index in [-0.39, 0.29) is 5.82 Å². The molecular weight excluding hydrogens is 247 g/mol. The first-order valence-electron chi connectivity index (χ1n) is 5.15. The van der Waals surface area contributed by atoms with Gasteiger partial charge >= 0.3 is 0 Å². The van der Waals surface area contributed by atoms with Gasteiger partial charge in [0, 0.05) is 25.8 Å². The minimum absolute atomic E-state index is 0.00190. The van der Waals surface area contributed by atoms with Crippen molar-refractivity contribution >= 4 is 0 Å². The molecule has 0 aliphatic carbocycles. The summed E-state index contributed by atoms with van der Waals surface area (Å²) in [6, 6.07) is 1.21. The van der Waals surface area contributed by atoms with Crippen molar-refractivity contribution in [3.8, 4) is 11.4 Å². The van der Waals surface area contributed by atoms with Gasteiger partial charge in [-0.1, -0.05) is 0 Å². The smallest absolute Gasteiger partial charge is 0.169 e. The van der Waals surface area contributed by atoms with Crippen molar-refractivity contribution in [2.24, 2.45) is 0 Å². The SMILES string of the molecule is COCCn1cnnc1-c1c(F)cc(F)cc1F. The molecule has 0 N–H and O–H groups in total. The quantitative estimate of drug-likeness (QED) is 0.841. The van der Waals surface area contributed by atoms with Crippen LogP contribution in [-0.4, -0.2) is 28.5 Å². The van der Waals surface area contributed by atoms with Crippen LogP contribution in [0.1, 0.15) is 0 Å².